The van der Waals surface area contributed by atoms with Crippen molar-refractivity contribution in [2.45, 2.75) is 6.04 Å². The Hall–Kier alpha value is -2.54. The van der Waals surface area contributed by atoms with Gasteiger partial charge in [-0.15, -0.1) is 0 Å². The molecule has 1 aromatic carbocycles. The molecule has 0 radical (unpaired) electrons. The van der Waals surface area contributed by atoms with Gasteiger partial charge in [-0.05, 0) is 30.8 Å². The summed E-state index contributed by atoms with van der Waals surface area (Å²) in [5.74, 6) is 1.36. The lowest BCUT2D eigenvalue weighted by atomic mass is 10.0. The van der Waals surface area contributed by atoms with Crippen LogP contribution < -0.4 is 14.8 Å². The molecule has 0 aliphatic carbocycles. The Morgan fingerprint density at radius 3 is 2.43 bits per heavy atom. The molecule has 112 valence electrons. The summed E-state index contributed by atoms with van der Waals surface area (Å²) in [6, 6.07) is 8.01. The number of nitrogens with one attached hydrogen (secondary N) is 1. The van der Waals surface area contributed by atoms with E-state index in [0.29, 0.717) is 17.3 Å². The highest BCUT2D eigenvalue weighted by molar-refractivity contribution is 5.45. The first-order chi connectivity index (χ1) is 10.1. The van der Waals surface area contributed by atoms with Crippen molar-refractivity contribution in [2.75, 3.05) is 21.3 Å². The van der Waals surface area contributed by atoms with Gasteiger partial charge >= 0.3 is 5.88 Å². The first-order valence-corrected chi connectivity index (χ1v) is 6.24. The average Bonchev–Trinajstić information content (AvgIpc) is 2.97. The topological polar surface area (TPSA) is 86.8 Å². The van der Waals surface area contributed by atoms with E-state index in [2.05, 4.69) is 5.32 Å². The Morgan fingerprint density at radius 2 is 1.90 bits per heavy atom. The van der Waals surface area contributed by atoms with Crippen molar-refractivity contribution in [1.82, 2.24) is 5.32 Å². The van der Waals surface area contributed by atoms with E-state index in [0.717, 1.165) is 5.56 Å². The Bertz CT molecular complexity index is 638. The van der Waals surface area contributed by atoms with Gasteiger partial charge in [-0.1, -0.05) is 6.07 Å². The van der Waals surface area contributed by atoms with Crippen LogP contribution in [0.1, 0.15) is 17.4 Å². The largest absolute Gasteiger partial charge is 0.493 e. The van der Waals surface area contributed by atoms with Gasteiger partial charge in [0.25, 0.3) is 0 Å². The number of benzene rings is 1. The molecular formula is C14H16N2O5. The van der Waals surface area contributed by atoms with Gasteiger partial charge in [-0.25, -0.2) is 0 Å². The molecule has 1 heterocycles. The normalized spacial score (nSPS) is 12.0. The Labute approximate surface area is 121 Å². The SMILES string of the molecule is CNC(c1ccc(OC)c(OC)c1)c1ccc([N+](=O)[O-])o1. The van der Waals surface area contributed by atoms with E-state index in [1.165, 1.54) is 6.07 Å². The van der Waals surface area contributed by atoms with E-state index in [9.17, 15) is 10.1 Å². The highest BCUT2D eigenvalue weighted by atomic mass is 16.6. The second-order valence-electron chi connectivity index (χ2n) is 4.27. The number of rotatable bonds is 6. The second kappa shape index (κ2) is 6.27. The zero-order chi connectivity index (χ0) is 15.4. The lowest BCUT2D eigenvalue weighted by molar-refractivity contribution is -0.402. The van der Waals surface area contributed by atoms with E-state index >= 15 is 0 Å². The van der Waals surface area contributed by atoms with Gasteiger partial charge in [-0.3, -0.25) is 10.1 Å². The zero-order valence-corrected chi connectivity index (χ0v) is 12.0. The molecule has 0 saturated heterocycles. The van der Waals surface area contributed by atoms with Gasteiger partial charge in [0.2, 0.25) is 0 Å². The van der Waals surface area contributed by atoms with Crippen LogP contribution in [0.25, 0.3) is 0 Å². The molecule has 7 nitrogen and oxygen atoms in total. The third-order valence-corrected chi connectivity index (χ3v) is 3.11. The van der Waals surface area contributed by atoms with Crippen molar-refractivity contribution in [2.24, 2.45) is 0 Å². The van der Waals surface area contributed by atoms with Crippen LogP contribution in [0.4, 0.5) is 5.88 Å². The van der Waals surface area contributed by atoms with Crippen LogP contribution in [0.15, 0.2) is 34.7 Å². The van der Waals surface area contributed by atoms with Crippen LogP contribution >= 0.6 is 0 Å². The minimum Gasteiger partial charge on any atom is -0.493 e. The van der Waals surface area contributed by atoms with E-state index in [4.69, 9.17) is 13.9 Å². The molecule has 1 N–H and O–H groups in total. The van der Waals surface area contributed by atoms with Crippen LogP contribution in [-0.4, -0.2) is 26.2 Å². The maximum Gasteiger partial charge on any atom is 0.433 e. The maximum atomic E-state index is 10.7. The van der Waals surface area contributed by atoms with Crippen molar-refractivity contribution in [3.8, 4) is 11.5 Å². The monoisotopic (exact) mass is 292 g/mol. The fourth-order valence-electron chi connectivity index (χ4n) is 2.10. The molecule has 21 heavy (non-hydrogen) atoms. The van der Waals surface area contributed by atoms with E-state index < -0.39 is 4.92 Å². The molecule has 1 aromatic heterocycles. The van der Waals surface area contributed by atoms with Gasteiger partial charge < -0.3 is 19.2 Å². The third kappa shape index (κ3) is 2.97. The van der Waals surface area contributed by atoms with Gasteiger partial charge in [0.05, 0.1) is 26.3 Å². The summed E-state index contributed by atoms with van der Waals surface area (Å²) >= 11 is 0. The predicted molar refractivity (Wildman–Crippen MR) is 75.8 cm³/mol. The molecule has 0 aliphatic rings. The molecule has 1 unspecified atom stereocenters. The van der Waals surface area contributed by atoms with Crippen molar-refractivity contribution in [3.63, 3.8) is 0 Å². The van der Waals surface area contributed by atoms with Crippen LogP contribution in [0.5, 0.6) is 11.5 Å². The second-order valence-corrected chi connectivity index (χ2v) is 4.27. The summed E-state index contributed by atoms with van der Waals surface area (Å²) in [6.45, 7) is 0. The van der Waals surface area contributed by atoms with Gasteiger partial charge in [0.15, 0.2) is 11.5 Å². The summed E-state index contributed by atoms with van der Waals surface area (Å²) in [5, 5.41) is 13.8. The zero-order valence-electron chi connectivity index (χ0n) is 12.0. The first kappa shape index (κ1) is 14.9. The number of hydrogen-bond acceptors (Lipinski definition) is 6. The summed E-state index contributed by atoms with van der Waals surface area (Å²) in [7, 11) is 4.85. The molecule has 0 bridgehead atoms. The highest BCUT2D eigenvalue weighted by Crippen LogP contribution is 2.33. The van der Waals surface area contributed by atoms with Crippen molar-refractivity contribution >= 4 is 5.88 Å². The predicted octanol–water partition coefficient (Wildman–Crippen LogP) is 2.51. The molecule has 2 rings (SSSR count). The van der Waals surface area contributed by atoms with Crippen molar-refractivity contribution < 1.29 is 18.8 Å². The van der Waals surface area contributed by atoms with E-state index in [1.54, 1.807) is 39.5 Å². The maximum absolute atomic E-state index is 10.7. The quantitative estimate of drug-likeness (QED) is 0.650. The van der Waals surface area contributed by atoms with E-state index in [-0.39, 0.29) is 11.9 Å². The smallest absolute Gasteiger partial charge is 0.433 e. The van der Waals surface area contributed by atoms with Crippen molar-refractivity contribution in [1.29, 1.82) is 0 Å². The van der Waals surface area contributed by atoms with Crippen molar-refractivity contribution in [3.05, 3.63) is 51.8 Å². The summed E-state index contributed by atoms with van der Waals surface area (Å²) in [6.07, 6.45) is 0. The Balaban J connectivity index is 2.38. The van der Waals surface area contributed by atoms with Crippen LogP contribution in [0.2, 0.25) is 0 Å². The number of methoxy groups -OCH3 is 2. The molecule has 0 spiro atoms. The molecule has 0 fully saturated rings. The minimum atomic E-state index is -0.565. The standard InChI is InChI=1S/C14H16N2O5/c1-15-14(11-6-7-13(21-11)16(17)18)9-4-5-10(19-2)12(8-9)20-3/h4-8,14-15H,1-3H3. The Kier molecular flexibility index (Phi) is 4.44. The van der Waals surface area contributed by atoms with Crippen LogP contribution in [0.3, 0.4) is 0 Å². The molecular weight excluding hydrogens is 276 g/mol. The molecule has 2 aromatic rings. The van der Waals surface area contributed by atoms with Crippen LogP contribution in [-0.2, 0) is 0 Å². The number of furan rings is 1. The minimum absolute atomic E-state index is 0.286. The lowest BCUT2D eigenvalue weighted by Crippen LogP contribution is -2.17. The van der Waals surface area contributed by atoms with E-state index in [1.807, 2.05) is 6.07 Å². The number of nitrogens with zero attached hydrogens (tertiary/aromatic N) is 1. The summed E-state index contributed by atoms with van der Waals surface area (Å²) in [4.78, 5) is 10.1. The molecule has 7 heteroatoms. The fourth-order valence-corrected chi connectivity index (χ4v) is 2.10. The Morgan fingerprint density at radius 1 is 1.19 bits per heavy atom. The first-order valence-electron chi connectivity index (χ1n) is 6.24. The summed E-state index contributed by atoms with van der Waals surface area (Å²) < 4.78 is 15.7. The number of nitro groups is 1. The number of hydrogen-bond donors (Lipinski definition) is 1. The average molecular weight is 292 g/mol. The third-order valence-electron chi connectivity index (χ3n) is 3.11. The van der Waals surface area contributed by atoms with Gasteiger partial charge in [0, 0.05) is 0 Å². The fraction of sp³-hybridized carbons (Fsp3) is 0.286. The van der Waals surface area contributed by atoms with Gasteiger partial charge in [-0.2, -0.15) is 0 Å². The molecule has 0 amide bonds. The summed E-state index contributed by atoms with van der Waals surface area (Å²) in [5.41, 5.74) is 0.847. The molecule has 1 atom stereocenters. The molecule has 0 aliphatic heterocycles. The van der Waals surface area contributed by atoms with Gasteiger partial charge in [0.1, 0.15) is 10.7 Å². The molecule has 0 saturated carbocycles. The lowest BCUT2D eigenvalue weighted by Gasteiger charge is -2.16. The highest BCUT2D eigenvalue weighted by Gasteiger charge is 2.21. The number of ether oxygens (including phenoxy) is 2. The van der Waals surface area contributed by atoms with Crippen LogP contribution in [0, 0.1) is 10.1 Å².